The molecular formula is C16H25F2NO2. The summed E-state index contributed by atoms with van der Waals surface area (Å²) in [6.07, 6.45) is 4.11. The molecule has 1 rings (SSSR count). The average molecular weight is 301 g/mol. The van der Waals surface area contributed by atoms with Crippen LogP contribution in [0.25, 0.3) is 0 Å². The van der Waals surface area contributed by atoms with Crippen LogP contribution in [0, 0.1) is 0 Å². The van der Waals surface area contributed by atoms with E-state index in [9.17, 15) is 8.78 Å². The van der Waals surface area contributed by atoms with E-state index in [4.69, 9.17) is 4.74 Å². The molecule has 0 spiro atoms. The molecule has 3 nitrogen and oxygen atoms in total. The molecule has 0 aromatic heterocycles. The minimum atomic E-state index is -2.77. The van der Waals surface area contributed by atoms with Gasteiger partial charge in [-0.1, -0.05) is 12.1 Å². The first-order valence-electron chi connectivity index (χ1n) is 7.38. The van der Waals surface area contributed by atoms with Crippen molar-refractivity contribution in [2.75, 3.05) is 20.3 Å². The Kier molecular flexibility index (Phi) is 8.94. The van der Waals surface area contributed by atoms with Crippen LogP contribution < -0.4 is 10.1 Å². The number of alkyl halides is 2. The molecule has 120 valence electrons. The zero-order valence-electron chi connectivity index (χ0n) is 12.8. The third-order valence-electron chi connectivity index (χ3n) is 3.28. The van der Waals surface area contributed by atoms with Gasteiger partial charge in [-0.25, -0.2) is 0 Å². The standard InChI is InChI=1S/C16H25F2NO2/c1-13(19-11-3-4-12-20-2)5-6-14-7-9-15(10-8-14)21-16(17)18/h7-10,13,16,19H,3-6,11-12H2,1-2H3. The van der Waals surface area contributed by atoms with Crippen LogP contribution in [-0.2, 0) is 11.2 Å². The molecule has 0 saturated carbocycles. The predicted octanol–water partition coefficient (Wildman–Crippen LogP) is 3.63. The van der Waals surface area contributed by atoms with Crippen LogP contribution in [0.2, 0.25) is 0 Å². The lowest BCUT2D eigenvalue weighted by Crippen LogP contribution is -2.27. The van der Waals surface area contributed by atoms with Crippen LogP contribution in [0.15, 0.2) is 24.3 Å². The lowest BCUT2D eigenvalue weighted by molar-refractivity contribution is -0.0498. The van der Waals surface area contributed by atoms with Gasteiger partial charge in [-0.2, -0.15) is 8.78 Å². The summed E-state index contributed by atoms with van der Waals surface area (Å²) >= 11 is 0. The van der Waals surface area contributed by atoms with Crippen molar-refractivity contribution in [3.63, 3.8) is 0 Å². The first-order chi connectivity index (χ1) is 10.1. The van der Waals surface area contributed by atoms with Crippen molar-refractivity contribution in [1.29, 1.82) is 0 Å². The highest BCUT2D eigenvalue weighted by atomic mass is 19.3. The van der Waals surface area contributed by atoms with Crippen LogP contribution in [-0.4, -0.2) is 32.9 Å². The van der Waals surface area contributed by atoms with Crippen LogP contribution in [0.4, 0.5) is 8.78 Å². The van der Waals surface area contributed by atoms with Crippen molar-refractivity contribution < 1.29 is 18.3 Å². The second-order valence-electron chi connectivity index (χ2n) is 5.12. The van der Waals surface area contributed by atoms with E-state index in [-0.39, 0.29) is 5.75 Å². The summed E-state index contributed by atoms with van der Waals surface area (Å²) in [6.45, 7) is 1.19. The number of hydrogen-bond acceptors (Lipinski definition) is 3. The van der Waals surface area contributed by atoms with Crippen molar-refractivity contribution in [2.24, 2.45) is 0 Å². The number of nitrogens with one attached hydrogen (secondary N) is 1. The largest absolute Gasteiger partial charge is 0.435 e. The Morgan fingerprint density at radius 2 is 1.86 bits per heavy atom. The fourth-order valence-electron chi connectivity index (χ4n) is 2.04. The van der Waals surface area contributed by atoms with Crippen molar-refractivity contribution in [3.8, 4) is 5.75 Å². The van der Waals surface area contributed by atoms with E-state index in [2.05, 4.69) is 17.0 Å². The van der Waals surface area contributed by atoms with E-state index < -0.39 is 6.61 Å². The summed E-state index contributed by atoms with van der Waals surface area (Å²) in [7, 11) is 1.72. The van der Waals surface area contributed by atoms with Crippen molar-refractivity contribution in [1.82, 2.24) is 5.32 Å². The lowest BCUT2D eigenvalue weighted by atomic mass is 10.1. The average Bonchev–Trinajstić information content (AvgIpc) is 2.46. The van der Waals surface area contributed by atoms with Crippen LogP contribution in [0.1, 0.15) is 31.7 Å². The smallest absolute Gasteiger partial charge is 0.387 e. The van der Waals surface area contributed by atoms with Gasteiger partial charge in [0.15, 0.2) is 0 Å². The molecule has 1 atom stereocenters. The quantitative estimate of drug-likeness (QED) is 0.633. The van der Waals surface area contributed by atoms with Crippen molar-refractivity contribution >= 4 is 0 Å². The van der Waals surface area contributed by atoms with Crippen molar-refractivity contribution in [3.05, 3.63) is 29.8 Å². The molecule has 0 radical (unpaired) electrons. The van der Waals surface area contributed by atoms with Gasteiger partial charge in [0.05, 0.1) is 0 Å². The summed E-state index contributed by atoms with van der Waals surface area (Å²) < 4.78 is 33.4. The Bertz CT molecular complexity index is 371. The van der Waals surface area contributed by atoms with Gasteiger partial charge in [-0.3, -0.25) is 0 Å². The summed E-state index contributed by atoms with van der Waals surface area (Å²) in [5.41, 5.74) is 1.13. The molecule has 0 fully saturated rings. The topological polar surface area (TPSA) is 30.5 Å². The summed E-state index contributed by atoms with van der Waals surface area (Å²) in [5, 5.41) is 3.47. The minimum Gasteiger partial charge on any atom is -0.435 e. The highest BCUT2D eigenvalue weighted by Crippen LogP contribution is 2.16. The van der Waals surface area contributed by atoms with Gasteiger partial charge in [0.2, 0.25) is 0 Å². The zero-order valence-corrected chi connectivity index (χ0v) is 12.8. The normalized spacial score (nSPS) is 12.6. The number of aryl methyl sites for hydroxylation is 1. The molecule has 0 heterocycles. The number of unbranched alkanes of at least 4 members (excludes halogenated alkanes) is 1. The first-order valence-corrected chi connectivity index (χ1v) is 7.38. The van der Waals surface area contributed by atoms with Gasteiger partial charge in [0, 0.05) is 19.8 Å². The van der Waals surface area contributed by atoms with Gasteiger partial charge < -0.3 is 14.8 Å². The number of hydrogen-bond donors (Lipinski definition) is 1. The van der Waals surface area contributed by atoms with Gasteiger partial charge in [-0.05, 0) is 56.8 Å². The molecule has 1 aromatic carbocycles. The number of benzene rings is 1. The van der Waals surface area contributed by atoms with Crippen LogP contribution in [0.3, 0.4) is 0 Å². The maximum atomic E-state index is 12.0. The summed E-state index contributed by atoms with van der Waals surface area (Å²) in [6, 6.07) is 7.28. The monoisotopic (exact) mass is 301 g/mol. The Morgan fingerprint density at radius 1 is 1.14 bits per heavy atom. The molecule has 0 aliphatic rings. The molecule has 0 amide bonds. The number of halogens is 2. The van der Waals surface area contributed by atoms with Gasteiger partial charge in [0.1, 0.15) is 5.75 Å². The van der Waals surface area contributed by atoms with E-state index in [0.29, 0.717) is 6.04 Å². The maximum absolute atomic E-state index is 12.0. The number of methoxy groups -OCH3 is 1. The van der Waals surface area contributed by atoms with E-state index >= 15 is 0 Å². The Balaban J connectivity index is 2.18. The molecule has 1 unspecified atom stereocenters. The van der Waals surface area contributed by atoms with E-state index in [0.717, 1.165) is 44.4 Å². The highest BCUT2D eigenvalue weighted by molar-refractivity contribution is 5.27. The third-order valence-corrected chi connectivity index (χ3v) is 3.28. The second kappa shape index (κ2) is 10.5. The van der Waals surface area contributed by atoms with E-state index in [1.54, 1.807) is 19.2 Å². The van der Waals surface area contributed by atoms with Gasteiger partial charge in [-0.15, -0.1) is 0 Å². The number of ether oxygens (including phenoxy) is 2. The molecule has 21 heavy (non-hydrogen) atoms. The molecule has 0 aliphatic heterocycles. The molecule has 0 saturated heterocycles. The van der Waals surface area contributed by atoms with Gasteiger partial charge in [0.25, 0.3) is 0 Å². The van der Waals surface area contributed by atoms with Crippen LogP contribution >= 0.6 is 0 Å². The minimum absolute atomic E-state index is 0.207. The Hall–Kier alpha value is -1.20. The molecule has 0 aliphatic carbocycles. The Morgan fingerprint density at radius 3 is 2.48 bits per heavy atom. The summed E-state index contributed by atoms with van der Waals surface area (Å²) in [4.78, 5) is 0. The lowest BCUT2D eigenvalue weighted by Gasteiger charge is -2.14. The Labute approximate surface area is 125 Å². The molecule has 5 heteroatoms. The first kappa shape index (κ1) is 17.9. The fourth-order valence-corrected chi connectivity index (χ4v) is 2.04. The SMILES string of the molecule is COCCCCNC(C)CCc1ccc(OC(F)F)cc1. The highest BCUT2D eigenvalue weighted by Gasteiger charge is 2.05. The molecule has 0 bridgehead atoms. The van der Waals surface area contributed by atoms with Crippen molar-refractivity contribution in [2.45, 2.75) is 45.3 Å². The molecule has 1 aromatic rings. The van der Waals surface area contributed by atoms with E-state index in [1.807, 2.05) is 12.1 Å². The second-order valence-corrected chi connectivity index (χ2v) is 5.12. The fraction of sp³-hybridized carbons (Fsp3) is 0.625. The summed E-state index contributed by atoms with van der Waals surface area (Å²) in [5.74, 6) is 0.207. The maximum Gasteiger partial charge on any atom is 0.387 e. The van der Waals surface area contributed by atoms with Gasteiger partial charge >= 0.3 is 6.61 Å². The zero-order chi connectivity index (χ0) is 15.5. The predicted molar refractivity (Wildman–Crippen MR) is 80.0 cm³/mol. The molecule has 1 N–H and O–H groups in total. The number of rotatable bonds is 11. The van der Waals surface area contributed by atoms with E-state index in [1.165, 1.54) is 0 Å². The molecular weight excluding hydrogens is 276 g/mol. The van der Waals surface area contributed by atoms with Crippen LogP contribution in [0.5, 0.6) is 5.75 Å². The third kappa shape index (κ3) is 8.63.